The maximum absolute atomic E-state index is 6.99. The first-order valence-electron chi connectivity index (χ1n) is 20.0. The van der Waals surface area contributed by atoms with Crippen molar-refractivity contribution < 1.29 is 4.74 Å². The average Bonchev–Trinajstić information content (AvgIpc) is 3.10. The topological polar surface area (TPSA) is 12.5 Å². The van der Waals surface area contributed by atoms with Gasteiger partial charge < -0.3 is 9.64 Å². The van der Waals surface area contributed by atoms with Crippen LogP contribution in [0.1, 0.15) is 152 Å². The summed E-state index contributed by atoms with van der Waals surface area (Å²) in [5.74, 6) is 4.40. The predicted octanol–water partition coefficient (Wildman–Crippen LogP) is 9.66. The molecule has 5 aromatic carbocycles. The van der Waals surface area contributed by atoms with Crippen molar-refractivity contribution in [3.63, 3.8) is 0 Å². The monoisotopic (exact) mass is 683 g/mol. The van der Waals surface area contributed by atoms with Crippen LogP contribution < -0.4 is 42.4 Å². The molecule has 3 heterocycles. The first kappa shape index (κ1) is 34.9. The SMILES string of the molecule is CC(C)c1cc(C(C)C)c(B2c3cccc4c3N3c5c(cccc5B(c5c(C(C)C)cc(C(C)C)cc5C(C)C)c5cccc2c53)O4)c(C(C)C)c1. The van der Waals surface area contributed by atoms with Crippen molar-refractivity contribution in [3.05, 3.63) is 112 Å². The molecule has 4 heteroatoms. The summed E-state index contributed by atoms with van der Waals surface area (Å²) in [6, 6.07) is 30.9. The molecule has 0 saturated carbocycles. The largest absolute Gasteiger partial charge is 0.453 e. The van der Waals surface area contributed by atoms with Gasteiger partial charge in [-0.1, -0.05) is 161 Å². The lowest BCUT2D eigenvalue weighted by Crippen LogP contribution is -2.66. The van der Waals surface area contributed by atoms with Crippen LogP contribution in [0.4, 0.5) is 17.1 Å². The minimum absolute atomic E-state index is 0.0886. The predicted molar refractivity (Wildman–Crippen MR) is 228 cm³/mol. The van der Waals surface area contributed by atoms with E-state index in [-0.39, 0.29) is 13.4 Å². The lowest BCUT2D eigenvalue weighted by atomic mass is 9.29. The fraction of sp³-hybridized carbons (Fsp3) is 0.375. The smallest absolute Gasteiger partial charge is 0.247 e. The van der Waals surface area contributed by atoms with Gasteiger partial charge in [0, 0.05) is 5.69 Å². The normalized spacial score (nSPS) is 14.1. The lowest BCUT2D eigenvalue weighted by Gasteiger charge is -2.47. The Morgan fingerprint density at radius 3 is 1.02 bits per heavy atom. The van der Waals surface area contributed by atoms with E-state index in [1.165, 1.54) is 83.2 Å². The molecule has 0 saturated heterocycles. The van der Waals surface area contributed by atoms with E-state index in [9.17, 15) is 0 Å². The molecule has 0 unspecified atom stereocenters. The van der Waals surface area contributed by atoms with Gasteiger partial charge in [-0.05, 0) is 103 Å². The standard InChI is InChI=1S/C48H55B2NO/c1-26(2)32-22-34(28(5)6)44(35(23-32)29(7)8)49-38-16-13-17-39-46(38)51-47-40(49)18-14-20-42(47)52-43-21-15-19-41(48(43)51)50(39)45-36(30(9)10)24-33(27(3)4)25-37(45)31(11)12/h13-31H,1-12H3. The molecule has 3 aliphatic rings. The van der Waals surface area contributed by atoms with Gasteiger partial charge in [0.2, 0.25) is 13.4 Å². The second-order valence-corrected chi connectivity index (χ2v) is 17.6. The zero-order valence-corrected chi connectivity index (χ0v) is 33.5. The van der Waals surface area contributed by atoms with Gasteiger partial charge >= 0.3 is 0 Å². The van der Waals surface area contributed by atoms with Gasteiger partial charge in [-0.25, -0.2) is 0 Å². The first-order chi connectivity index (χ1) is 24.8. The van der Waals surface area contributed by atoms with Crippen LogP contribution in [-0.2, 0) is 0 Å². The van der Waals surface area contributed by atoms with Crippen LogP contribution in [0, 0.1) is 0 Å². The Hall–Kier alpha value is -4.17. The average molecular weight is 684 g/mol. The molecule has 0 amide bonds. The molecule has 0 atom stereocenters. The summed E-state index contributed by atoms with van der Waals surface area (Å²) in [5, 5.41) is 0. The number of hydrogen-bond donors (Lipinski definition) is 0. The Kier molecular flexibility index (Phi) is 8.56. The van der Waals surface area contributed by atoms with Crippen LogP contribution in [0.2, 0.25) is 0 Å². The second-order valence-electron chi connectivity index (χ2n) is 17.6. The number of benzene rings is 5. The third-order valence-corrected chi connectivity index (χ3v) is 12.2. The molecule has 0 aromatic heterocycles. The molecule has 0 bridgehead atoms. The molecule has 8 rings (SSSR count). The molecule has 3 aliphatic heterocycles. The van der Waals surface area contributed by atoms with E-state index in [1.807, 2.05) is 0 Å². The highest BCUT2D eigenvalue weighted by atomic mass is 16.5. The summed E-state index contributed by atoms with van der Waals surface area (Å²) in [6.07, 6.45) is 0. The molecule has 264 valence electrons. The molecule has 5 aromatic rings. The molecule has 2 nitrogen and oxygen atoms in total. The highest BCUT2D eigenvalue weighted by Gasteiger charge is 2.49. The Morgan fingerprint density at radius 1 is 0.404 bits per heavy atom. The van der Waals surface area contributed by atoms with Gasteiger partial charge in [0.15, 0.2) is 11.5 Å². The Balaban J connectivity index is 1.51. The van der Waals surface area contributed by atoms with Gasteiger partial charge in [-0.15, -0.1) is 0 Å². The zero-order valence-electron chi connectivity index (χ0n) is 33.5. The van der Waals surface area contributed by atoms with Crippen LogP contribution in [0.5, 0.6) is 11.5 Å². The van der Waals surface area contributed by atoms with Gasteiger partial charge in [0.25, 0.3) is 0 Å². The molecular weight excluding hydrogens is 628 g/mol. The van der Waals surface area contributed by atoms with Crippen molar-refractivity contribution in [1.82, 2.24) is 0 Å². The van der Waals surface area contributed by atoms with Crippen LogP contribution in [0.15, 0.2) is 78.9 Å². The quantitative estimate of drug-likeness (QED) is 0.148. The molecule has 52 heavy (non-hydrogen) atoms. The van der Waals surface area contributed by atoms with E-state index in [0.717, 1.165) is 11.5 Å². The number of rotatable bonds is 8. The summed E-state index contributed by atoms with van der Waals surface area (Å²) >= 11 is 0. The Bertz CT molecular complexity index is 2020. The fourth-order valence-electron chi connectivity index (χ4n) is 9.59. The van der Waals surface area contributed by atoms with Gasteiger partial charge in [-0.2, -0.15) is 0 Å². The second kappa shape index (κ2) is 12.8. The summed E-state index contributed by atoms with van der Waals surface area (Å²) < 4.78 is 6.99. The number of nitrogens with zero attached hydrogens (tertiary/aromatic N) is 1. The maximum Gasteiger partial charge on any atom is 0.247 e. The van der Waals surface area contributed by atoms with Crippen molar-refractivity contribution in [2.45, 2.75) is 119 Å². The van der Waals surface area contributed by atoms with Gasteiger partial charge in [0.1, 0.15) is 0 Å². The van der Waals surface area contributed by atoms with Gasteiger partial charge in [0.05, 0.1) is 11.4 Å². The minimum atomic E-state index is 0.0886. The third-order valence-electron chi connectivity index (χ3n) is 12.2. The fourth-order valence-corrected chi connectivity index (χ4v) is 9.59. The van der Waals surface area contributed by atoms with Crippen molar-refractivity contribution in [2.24, 2.45) is 0 Å². The minimum Gasteiger partial charge on any atom is -0.453 e. The van der Waals surface area contributed by atoms with E-state index >= 15 is 0 Å². The van der Waals surface area contributed by atoms with Gasteiger partial charge in [-0.3, -0.25) is 0 Å². The van der Waals surface area contributed by atoms with Crippen LogP contribution in [0.3, 0.4) is 0 Å². The van der Waals surface area contributed by atoms with E-state index < -0.39 is 0 Å². The Morgan fingerprint density at radius 2 is 0.712 bits per heavy atom. The highest BCUT2D eigenvalue weighted by molar-refractivity contribution is 7.02. The number of ether oxygens (including phenoxy) is 1. The van der Waals surface area contributed by atoms with Crippen LogP contribution in [0.25, 0.3) is 0 Å². The summed E-state index contributed by atoms with van der Waals surface area (Å²) in [5.41, 5.74) is 21.0. The summed E-state index contributed by atoms with van der Waals surface area (Å²) in [4.78, 5) is 2.61. The molecule has 0 spiro atoms. The van der Waals surface area contributed by atoms with E-state index in [2.05, 4.69) is 167 Å². The van der Waals surface area contributed by atoms with Crippen molar-refractivity contribution >= 4 is 63.3 Å². The first-order valence-corrected chi connectivity index (χ1v) is 20.0. The van der Waals surface area contributed by atoms with E-state index in [1.54, 1.807) is 0 Å². The van der Waals surface area contributed by atoms with Crippen LogP contribution >= 0.6 is 0 Å². The molecule has 0 fully saturated rings. The molecule has 0 radical (unpaired) electrons. The number of hydrogen-bond acceptors (Lipinski definition) is 2. The van der Waals surface area contributed by atoms with Crippen molar-refractivity contribution in [2.75, 3.05) is 4.90 Å². The molecule has 0 N–H and O–H groups in total. The van der Waals surface area contributed by atoms with Crippen molar-refractivity contribution in [1.29, 1.82) is 0 Å². The number of para-hydroxylation sites is 3. The van der Waals surface area contributed by atoms with E-state index in [0.29, 0.717) is 35.5 Å². The molecule has 0 aliphatic carbocycles. The zero-order chi connectivity index (χ0) is 36.9. The maximum atomic E-state index is 6.99. The third kappa shape index (κ3) is 5.14. The lowest BCUT2D eigenvalue weighted by molar-refractivity contribution is 0.478. The summed E-state index contributed by atoms with van der Waals surface area (Å²) in [6.45, 7) is 28.6. The summed E-state index contributed by atoms with van der Waals surface area (Å²) in [7, 11) is 0. The molecular formula is C48H55B2NO. The van der Waals surface area contributed by atoms with E-state index in [4.69, 9.17) is 4.74 Å². The Labute approximate surface area is 314 Å². The number of anilines is 3. The van der Waals surface area contributed by atoms with Crippen LogP contribution in [-0.4, -0.2) is 13.4 Å². The highest BCUT2D eigenvalue weighted by Crippen LogP contribution is 2.51. The van der Waals surface area contributed by atoms with Crippen molar-refractivity contribution in [3.8, 4) is 11.5 Å².